The third kappa shape index (κ3) is 2.91. The van der Waals surface area contributed by atoms with Crippen LogP contribution >= 0.6 is 11.3 Å². The van der Waals surface area contributed by atoms with E-state index in [4.69, 9.17) is 5.11 Å². The van der Waals surface area contributed by atoms with Crippen LogP contribution in [0.3, 0.4) is 0 Å². The predicted octanol–water partition coefficient (Wildman–Crippen LogP) is 0.308. The Labute approximate surface area is 90.3 Å². The highest BCUT2D eigenvalue weighted by Gasteiger charge is 2.13. The lowest BCUT2D eigenvalue weighted by Crippen LogP contribution is -2.26. The second-order valence-corrected chi connectivity index (χ2v) is 3.96. The van der Waals surface area contributed by atoms with Gasteiger partial charge in [0.2, 0.25) is 5.91 Å². The molecule has 0 unspecified atom stereocenters. The predicted molar refractivity (Wildman–Crippen MR) is 56.4 cm³/mol. The third-order valence-electron chi connectivity index (χ3n) is 1.68. The first-order valence-electron chi connectivity index (χ1n) is 4.19. The summed E-state index contributed by atoms with van der Waals surface area (Å²) in [4.78, 5) is 26.0. The minimum Gasteiger partial charge on any atom is -0.476 e. The lowest BCUT2D eigenvalue weighted by atomic mass is 10.4. The van der Waals surface area contributed by atoms with Gasteiger partial charge in [0, 0.05) is 11.9 Å². The van der Waals surface area contributed by atoms with Crippen LogP contribution in [-0.4, -0.2) is 35.6 Å². The van der Waals surface area contributed by atoms with Gasteiger partial charge in [0.25, 0.3) is 0 Å². The minimum atomic E-state index is -1.06. The van der Waals surface area contributed by atoms with Crippen LogP contribution in [0.4, 0.5) is 5.13 Å². The van der Waals surface area contributed by atoms with Crippen molar-refractivity contribution < 1.29 is 14.7 Å². The number of carboxylic acids is 1. The number of aromatic carboxylic acids is 1. The van der Waals surface area contributed by atoms with Crippen molar-refractivity contribution in [1.82, 2.24) is 10.3 Å². The van der Waals surface area contributed by atoms with Gasteiger partial charge in [-0.1, -0.05) is 0 Å². The largest absolute Gasteiger partial charge is 0.476 e. The zero-order chi connectivity index (χ0) is 11.4. The van der Waals surface area contributed by atoms with E-state index >= 15 is 0 Å². The number of nitrogens with zero attached hydrogens (tertiary/aromatic N) is 1. The molecule has 0 aromatic carbocycles. The van der Waals surface area contributed by atoms with Gasteiger partial charge in [0.15, 0.2) is 10.8 Å². The molecule has 1 heterocycles. The zero-order valence-electron chi connectivity index (χ0n) is 8.33. The summed E-state index contributed by atoms with van der Waals surface area (Å²) in [5.41, 5.74) is 0.0272. The van der Waals surface area contributed by atoms with Crippen LogP contribution in [0.1, 0.15) is 15.4 Å². The molecule has 0 saturated carbocycles. The molecule has 0 atom stereocenters. The van der Waals surface area contributed by atoms with Gasteiger partial charge >= 0.3 is 5.97 Å². The molecule has 0 spiro atoms. The number of hydrogen-bond donors (Lipinski definition) is 3. The Balaban J connectivity index is 2.67. The summed E-state index contributed by atoms with van der Waals surface area (Å²) in [5.74, 6) is -1.24. The highest BCUT2D eigenvalue weighted by Crippen LogP contribution is 2.21. The molecule has 82 valence electrons. The molecule has 6 nitrogen and oxygen atoms in total. The van der Waals surface area contributed by atoms with Crippen molar-refractivity contribution >= 4 is 28.3 Å². The third-order valence-corrected chi connectivity index (χ3v) is 2.61. The summed E-state index contributed by atoms with van der Waals surface area (Å²) in [5, 5.41) is 14.4. The Morgan fingerprint density at radius 1 is 1.53 bits per heavy atom. The molecule has 1 rings (SSSR count). The molecule has 0 aliphatic rings. The average molecular weight is 229 g/mol. The number of hydrogen-bond acceptors (Lipinski definition) is 5. The first-order chi connectivity index (χ1) is 7.04. The number of carboxylic acid groups (broad SMARTS) is 1. The van der Waals surface area contributed by atoms with Crippen LogP contribution in [0.2, 0.25) is 0 Å². The van der Waals surface area contributed by atoms with Crippen molar-refractivity contribution in [2.24, 2.45) is 0 Å². The van der Waals surface area contributed by atoms with E-state index < -0.39 is 5.97 Å². The molecule has 0 radical (unpaired) electrons. The Morgan fingerprint density at radius 2 is 2.20 bits per heavy atom. The summed E-state index contributed by atoms with van der Waals surface area (Å²) >= 11 is 1.21. The van der Waals surface area contributed by atoms with Crippen LogP contribution in [0.5, 0.6) is 0 Å². The van der Waals surface area contributed by atoms with Crippen LogP contribution in [0.25, 0.3) is 0 Å². The minimum absolute atomic E-state index is 0.0272. The Hall–Kier alpha value is -1.63. The summed E-state index contributed by atoms with van der Waals surface area (Å²) in [7, 11) is 1.53. The molecule has 15 heavy (non-hydrogen) atoms. The van der Waals surface area contributed by atoms with Gasteiger partial charge in [-0.25, -0.2) is 9.78 Å². The fraction of sp³-hybridized carbons (Fsp3) is 0.375. The van der Waals surface area contributed by atoms with Crippen molar-refractivity contribution in [1.29, 1.82) is 0 Å². The molecule has 0 saturated heterocycles. The van der Waals surface area contributed by atoms with Crippen LogP contribution < -0.4 is 10.6 Å². The highest BCUT2D eigenvalue weighted by atomic mass is 32.1. The number of nitrogens with one attached hydrogen (secondary N) is 2. The molecular weight excluding hydrogens is 218 g/mol. The van der Waals surface area contributed by atoms with E-state index in [0.29, 0.717) is 10.0 Å². The zero-order valence-corrected chi connectivity index (χ0v) is 9.14. The van der Waals surface area contributed by atoms with Crippen molar-refractivity contribution in [3.63, 3.8) is 0 Å². The van der Waals surface area contributed by atoms with Crippen LogP contribution in [0.15, 0.2) is 0 Å². The molecule has 3 N–H and O–H groups in total. The van der Waals surface area contributed by atoms with E-state index in [0.717, 1.165) is 0 Å². The number of rotatable bonds is 4. The van der Waals surface area contributed by atoms with E-state index in [1.165, 1.54) is 18.4 Å². The van der Waals surface area contributed by atoms with E-state index in [1.54, 1.807) is 6.92 Å². The molecule has 0 aliphatic carbocycles. The van der Waals surface area contributed by atoms with Crippen LogP contribution in [-0.2, 0) is 4.79 Å². The first-order valence-corrected chi connectivity index (χ1v) is 5.01. The number of amides is 1. The van der Waals surface area contributed by atoms with Gasteiger partial charge in [-0.05, 0) is 6.92 Å². The van der Waals surface area contributed by atoms with E-state index in [1.807, 2.05) is 0 Å². The first kappa shape index (κ1) is 11.4. The van der Waals surface area contributed by atoms with Crippen LogP contribution in [0, 0.1) is 6.92 Å². The number of aromatic nitrogens is 1. The van der Waals surface area contributed by atoms with Crippen molar-refractivity contribution in [3.05, 3.63) is 10.6 Å². The number of aryl methyl sites for hydroxylation is 1. The molecule has 7 heteroatoms. The maximum Gasteiger partial charge on any atom is 0.355 e. The number of carbonyl (C=O) groups excluding carboxylic acids is 1. The fourth-order valence-electron chi connectivity index (χ4n) is 0.915. The Morgan fingerprint density at radius 3 is 2.67 bits per heavy atom. The molecule has 0 bridgehead atoms. The quantitative estimate of drug-likeness (QED) is 0.691. The molecule has 1 aromatic heterocycles. The standard InChI is InChI=1S/C8H11N3O3S/c1-4-6(7(13)14)11-8(15-4)10-3-5(12)9-2/h3H2,1-2H3,(H,9,12)(H,10,11)(H,13,14). The topological polar surface area (TPSA) is 91.3 Å². The van der Waals surface area contributed by atoms with Gasteiger partial charge in [-0.3, -0.25) is 4.79 Å². The maximum absolute atomic E-state index is 10.9. The van der Waals surface area contributed by atoms with E-state index in [9.17, 15) is 9.59 Å². The Bertz CT molecular complexity index is 388. The average Bonchev–Trinajstić information content (AvgIpc) is 2.56. The molecule has 0 aliphatic heterocycles. The summed E-state index contributed by atoms with van der Waals surface area (Å²) in [6, 6.07) is 0. The molecule has 0 fully saturated rings. The highest BCUT2D eigenvalue weighted by molar-refractivity contribution is 7.15. The van der Waals surface area contributed by atoms with Crippen molar-refractivity contribution in [2.45, 2.75) is 6.92 Å². The molecular formula is C8H11N3O3S. The van der Waals surface area contributed by atoms with E-state index in [-0.39, 0.29) is 18.1 Å². The second-order valence-electron chi connectivity index (χ2n) is 2.76. The van der Waals surface area contributed by atoms with E-state index in [2.05, 4.69) is 15.6 Å². The summed E-state index contributed by atoms with van der Waals surface area (Å²) in [6.07, 6.45) is 0. The maximum atomic E-state index is 10.9. The van der Waals surface area contributed by atoms with Gasteiger partial charge in [0.1, 0.15) is 0 Å². The number of thiazole rings is 1. The smallest absolute Gasteiger partial charge is 0.355 e. The SMILES string of the molecule is CNC(=O)CNc1nc(C(=O)O)c(C)s1. The number of carbonyl (C=O) groups is 2. The lowest BCUT2D eigenvalue weighted by molar-refractivity contribution is -0.118. The van der Waals surface area contributed by atoms with Gasteiger partial charge in [-0.15, -0.1) is 11.3 Å². The van der Waals surface area contributed by atoms with Gasteiger partial charge in [-0.2, -0.15) is 0 Å². The fourth-order valence-corrected chi connectivity index (χ4v) is 1.72. The number of likely N-dealkylation sites (N-methyl/N-ethyl adjacent to an activating group) is 1. The van der Waals surface area contributed by atoms with Gasteiger partial charge in [0.05, 0.1) is 6.54 Å². The molecule has 1 aromatic rings. The van der Waals surface area contributed by atoms with Gasteiger partial charge < -0.3 is 15.7 Å². The summed E-state index contributed by atoms with van der Waals surface area (Å²) in [6.45, 7) is 1.76. The van der Waals surface area contributed by atoms with Crippen molar-refractivity contribution in [2.75, 3.05) is 18.9 Å². The summed E-state index contributed by atoms with van der Waals surface area (Å²) < 4.78 is 0. The molecule has 1 amide bonds. The lowest BCUT2D eigenvalue weighted by Gasteiger charge is -1.99. The van der Waals surface area contributed by atoms with Crippen molar-refractivity contribution in [3.8, 4) is 0 Å². The number of anilines is 1. The second kappa shape index (κ2) is 4.74. The Kier molecular flexibility index (Phi) is 3.62. The monoisotopic (exact) mass is 229 g/mol. The normalized spacial score (nSPS) is 9.73.